The third-order valence-electron chi connectivity index (χ3n) is 3.72. The van der Waals surface area contributed by atoms with E-state index in [1.165, 1.54) is 0 Å². The molecule has 1 amide bonds. The number of rotatable bonds is 8. The SMILES string of the molecule is COc1ccccc1CCNC(=O)Cc1ccc(OC)c(OC)c1. The van der Waals surface area contributed by atoms with Gasteiger partial charge >= 0.3 is 0 Å². The van der Waals surface area contributed by atoms with Gasteiger partial charge in [0, 0.05) is 6.54 Å². The lowest BCUT2D eigenvalue weighted by Gasteiger charge is -2.11. The first-order valence-corrected chi connectivity index (χ1v) is 7.77. The maximum Gasteiger partial charge on any atom is 0.224 e. The lowest BCUT2D eigenvalue weighted by atomic mass is 10.1. The maximum atomic E-state index is 12.1. The molecule has 0 heterocycles. The van der Waals surface area contributed by atoms with Crippen molar-refractivity contribution in [2.24, 2.45) is 0 Å². The number of amides is 1. The minimum Gasteiger partial charge on any atom is -0.496 e. The largest absolute Gasteiger partial charge is 0.496 e. The van der Waals surface area contributed by atoms with Crippen LogP contribution in [0.25, 0.3) is 0 Å². The van der Waals surface area contributed by atoms with E-state index in [1.54, 1.807) is 27.4 Å². The number of carbonyl (C=O) groups is 1. The molecule has 2 aromatic rings. The van der Waals surface area contributed by atoms with Crippen molar-refractivity contribution < 1.29 is 19.0 Å². The molecule has 1 N–H and O–H groups in total. The summed E-state index contributed by atoms with van der Waals surface area (Å²) in [5.74, 6) is 2.08. The molecule has 0 spiro atoms. The van der Waals surface area contributed by atoms with E-state index >= 15 is 0 Å². The standard InChI is InChI=1S/C19H23NO4/c1-22-16-7-5-4-6-15(16)10-11-20-19(21)13-14-8-9-17(23-2)18(12-14)24-3/h4-9,12H,10-11,13H2,1-3H3,(H,20,21). The lowest BCUT2D eigenvalue weighted by Crippen LogP contribution is -2.27. The Kier molecular flexibility index (Phi) is 6.49. The molecule has 0 saturated heterocycles. The molecular formula is C19H23NO4. The summed E-state index contributed by atoms with van der Waals surface area (Å²) in [5, 5.41) is 2.93. The smallest absolute Gasteiger partial charge is 0.224 e. The number of para-hydroxylation sites is 1. The molecule has 5 nitrogen and oxygen atoms in total. The van der Waals surface area contributed by atoms with E-state index in [9.17, 15) is 4.79 Å². The second-order valence-electron chi connectivity index (χ2n) is 5.28. The fourth-order valence-electron chi connectivity index (χ4n) is 2.48. The highest BCUT2D eigenvalue weighted by Gasteiger charge is 2.09. The molecule has 5 heteroatoms. The van der Waals surface area contributed by atoms with Crippen molar-refractivity contribution in [2.45, 2.75) is 12.8 Å². The molecule has 2 rings (SSSR count). The third kappa shape index (κ3) is 4.65. The number of carbonyl (C=O) groups excluding carboxylic acids is 1. The molecule has 128 valence electrons. The van der Waals surface area contributed by atoms with Crippen LogP contribution in [0.5, 0.6) is 17.2 Å². The third-order valence-corrected chi connectivity index (χ3v) is 3.72. The molecule has 0 atom stereocenters. The minimum atomic E-state index is -0.0304. The molecule has 0 aliphatic carbocycles. The zero-order valence-corrected chi connectivity index (χ0v) is 14.3. The van der Waals surface area contributed by atoms with E-state index in [0.29, 0.717) is 24.5 Å². The molecule has 0 aromatic heterocycles. The lowest BCUT2D eigenvalue weighted by molar-refractivity contribution is -0.120. The second-order valence-corrected chi connectivity index (χ2v) is 5.28. The number of hydrogen-bond donors (Lipinski definition) is 1. The Balaban J connectivity index is 1.87. The van der Waals surface area contributed by atoms with Crippen LogP contribution in [0, 0.1) is 0 Å². The Labute approximate surface area is 142 Å². The monoisotopic (exact) mass is 329 g/mol. The molecule has 0 aliphatic heterocycles. The quantitative estimate of drug-likeness (QED) is 0.809. The molecule has 0 aliphatic rings. The second kappa shape index (κ2) is 8.82. The highest BCUT2D eigenvalue weighted by Crippen LogP contribution is 2.27. The van der Waals surface area contributed by atoms with E-state index in [2.05, 4.69) is 5.32 Å². The van der Waals surface area contributed by atoms with Crippen molar-refractivity contribution in [3.63, 3.8) is 0 Å². The Morgan fingerprint density at radius 3 is 2.33 bits per heavy atom. The molecule has 2 aromatic carbocycles. The van der Waals surface area contributed by atoms with Gasteiger partial charge in [-0.15, -0.1) is 0 Å². The number of methoxy groups -OCH3 is 3. The first kappa shape index (κ1) is 17.7. The Bertz CT molecular complexity index is 685. The Morgan fingerprint density at radius 1 is 0.917 bits per heavy atom. The predicted octanol–water partition coefficient (Wildman–Crippen LogP) is 2.61. The molecular weight excluding hydrogens is 306 g/mol. The first-order chi connectivity index (χ1) is 11.7. The molecule has 0 saturated carbocycles. The van der Waals surface area contributed by atoms with Crippen LogP contribution < -0.4 is 19.5 Å². The van der Waals surface area contributed by atoms with Crippen molar-refractivity contribution >= 4 is 5.91 Å². The zero-order valence-electron chi connectivity index (χ0n) is 14.3. The topological polar surface area (TPSA) is 56.8 Å². The Hall–Kier alpha value is -2.69. The van der Waals surface area contributed by atoms with E-state index in [1.807, 2.05) is 36.4 Å². The summed E-state index contributed by atoms with van der Waals surface area (Å²) in [6.45, 7) is 0.562. The summed E-state index contributed by atoms with van der Waals surface area (Å²) >= 11 is 0. The molecule has 24 heavy (non-hydrogen) atoms. The highest BCUT2D eigenvalue weighted by molar-refractivity contribution is 5.78. The molecule has 0 unspecified atom stereocenters. The summed E-state index contributed by atoms with van der Waals surface area (Å²) in [6, 6.07) is 13.3. The van der Waals surface area contributed by atoms with Gasteiger partial charge in [-0.1, -0.05) is 24.3 Å². The molecule has 0 radical (unpaired) electrons. The van der Waals surface area contributed by atoms with E-state index in [-0.39, 0.29) is 5.91 Å². The average Bonchev–Trinajstić information content (AvgIpc) is 2.62. The average molecular weight is 329 g/mol. The number of hydrogen-bond acceptors (Lipinski definition) is 4. The minimum absolute atomic E-state index is 0.0304. The van der Waals surface area contributed by atoms with Gasteiger partial charge < -0.3 is 19.5 Å². The van der Waals surface area contributed by atoms with E-state index in [0.717, 1.165) is 23.3 Å². The van der Waals surface area contributed by atoms with E-state index < -0.39 is 0 Å². The summed E-state index contributed by atoms with van der Waals surface area (Å²) in [6.07, 6.45) is 1.02. The van der Waals surface area contributed by atoms with Crippen molar-refractivity contribution in [1.82, 2.24) is 5.32 Å². The maximum absolute atomic E-state index is 12.1. The van der Waals surface area contributed by atoms with Crippen LogP contribution >= 0.6 is 0 Å². The molecule has 0 bridgehead atoms. The van der Waals surface area contributed by atoms with Crippen LogP contribution in [-0.4, -0.2) is 33.8 Å². The van der Waals surface area contributed by atoms with Gasteiger partial charge in [0.15, 0.2) is 11.5 Å². The van der Waals surface area contributed by atoms with Gasteiger partial charge in [-0.3, -0.25) is 4.79 Å². The fraction of sp³-hybridized carbons (Fsp3) is 0.316. The van der Waals surface area contributed by atoms with Gasteiger partial charge in [0.2, 0.25) is 5.91 Å². The first-order valence-electron chi connectivity index (χ1n) is 7.77. The van der Waals surface area contributed by atoms with Crippen molar-refractivity contribution in [3.05, 3.63) is 53.6 Å². The van der Waals surface area contributed by atoms with Crippen molar-refractivity contribution in [2.75, 3.05) is 27.9 Å². The van der Waals surface area contributed by atoms with Gasteiger partial charge in [0.1, 0.15) is 5.75 Å². The van der Waals surface area contributed by atoms with Crippen molar-refractivity contribution in [3.8, 4) is 17.2 Å². The van der Waals surface area contributed by atoms with Crippen LogP contribution in [0.15, 0.2) is 42.5 Å². The highest BCUT2D eigenvalue weighted by atomic mass is 16.5. The van der Waals surface area contributed by atoms with Gasteiger partial charge in [0.05, 0.1) is 27.8 Å². The van der Waals surface area contributed by atoms with Crippen LogP contribution in [0.3, 0.4) is 0 Å². The Morgan fingerprint density at radius 2 is 1.62 bits per heavy atom. The van der Waals surface area contributed by atoms with Crippen LogP contribution in [-0.2, 0) is 17.6 Å². The van der Waals surface area contributed by atoms with Gasteiger partial charge in [-0.25, -0.2) is 0 Å². The normalized spacial score (nSPS) is 10.1. The number of benzene rings is 2. The summed E-state index contributed by atoms with van der Waals surface area (Å²) in [7, 11) is 4.81. The number of ether oxygens (including phenoxy) is 3. The fourth-order valence-corrected chi connectivity index (χ4v) is 2.48. The van der Waals surface area contributed by atoms with Gasteiger partial charge in [-0.2, -0.15) is 0 Å². The van der Waals surface area contributed by atoms with Crippen LogP contribution in [0.1, 0.15) is 11.1 Å². The molecule has 0 fully saturated rings. The van der Waals surface area contributed by atoms with Crippen molar-refractivity contribution in [1.29, 1.82) is 0 Å². The summed E-state index contributed by atoms with van der Waals surface area (Å²) in [5.41, 5.74) is 1.95. The van der Waals surface area contributed by atoms with E-state index in [4.69, 9.17) is 14.2 Å². The van der Waals surface area contributed by atoms with Crippen LogP contribution in [0.4, 0.5) is 0 Å². The zero-order chi connectivity index (χ0) is 17.4. The number of nitrogens with one attached hydrogen (secondary N) is 1. The summed E-state index contributed by atoms with van der Waals surface area (Å²) < 4.78 is 15.8. The van der Waals surface area contributed by atoms with Crippen LogP contribution in [0.2, 0.25) is 0 Å². The van der Waals surface area contributed by atoms with Gasteiger partial charge in [0.25, 0.3) is 0 Å². The summed E-state index contributed by atoms with van der Waals surface area (Å²) in [4.78, 5) is 12.1. The predicted molar refractivity (Wildman–Crippen MR) is 93.0 cm³/mol. The van der Waals surface area contributed by atoms with Gasteiger partial charge in [-0.05, 0) is 35.7 Å².